The normalized spacial score (nSPS) is 11.7. The van der Waals surface area contributed by atoms with Gasteiger partial charge in [0.05, 0.1) is 19.1 Å². The smallest absolute Gasteiger partial charge is 0.342 e. The summed E-state index contributed by atoms with van der Waals surface area (Å²) in [5.41, 5.74) is 1.52. The van der Waals surface area contributed by atoms with E-state index < -0.39 is 18.0 Å². The zero-order valence-electron chi connectivity index (χ0n) is 13.8. The molecule has 0 saturated heterocycles. The minimum Gasteiger partial charge on any atom is -0.495 e. The zero-order valence-corrected chi connectivity index (χ0v) is 14.6. The lowest BCUT2D eigenvalue weighted by Gasteiger charge is -2.16. The second-order valence-electron chi connectivity index (χ2n) is 5.23. The number of amides is 1. The number of ether oxygens (including phenoxy) is 2. The summed E-state index contributed by atoms with van der Waals surface area (Å²) >= 11 is 6.03. The van der Waals surface area contributed by atoms with Crippen molar-refractivity contribution in [3.8, 4) is 5.75 Å². The van der Waals surface area contributed by atoms with E-state index in [1.165, 1.54) is 26.4 Å². The largest absolute Gasteiger partial charge is 0.495 e. The van der Waals surface area contributed by atoms with Gasteiger partial charge >= 0.3 is 5.97 Å². The van der Waals surface area contributed by atoms with Crippen LogP contribution < -0.4 is 10.1 Å². The summed E-state index contributed by atoms with van der Waals surface area (Å²) < 4.78 is 15.4. The number of halogens is 1. The first-order valence-electron chi connectivity index (χ1n) is 7.23. The third-order valence-electron chi connectivity index (χ3n) is 3.47. The SMILES string of the molecule is COc1cc(Cl)c(C)cc1NC(=O)[C@H](C)OC(=O)c1ccoc1C. The summed E-state index contributed by atoms with van der Waals surface area (Å²) in [4.78, 5) is 24.3. The van der Waals surface area contributed by atoms with Crippen LogP contribution in [0.1, 0.15) is 28.6 Å². The molecule has 0 bridgehead atoms. The third kappa shape index (κ3) is 3.89. The van der Waals surface area contributed by atoms with Crippen molar-refractivity contribution in [2.24, 2.45) is 0 Å². The number of hydrogen-bond acceptors (Lipinski definition) is 5. The molecule has 7 heteroatoms. The van der Waals surface area contributed by atoms with Crippen molar-refractivity contribution in [3.63, 3.8) is 0 Å². The van der Waals surface area contributed by atoms with Crippen LogP contribution in [0.4, 0.5) is 5.69 Å². The molecule has 1 amide bonds. The van der Waals surface area contributed by atoms with Crippen molar-refractivity contribution in [2.45, 2.75) is 26.9 Å². The second kappa shape index (κ2) is 7.40. The fourth-order valence-electron chi connectivity index (χ4n) is 2.04. The average molecular weight is 352 g/mol. The molecule has 0 radical (unpaired) electrons. The van der Waals surface area contributed by atoms with Crippen molar-refractivity contribution in [1.82, 2.24) is 0 Å². The summed E-state index contributed by atoms with van der Waals surface area (Å²) in [7, 11) is 1.47. The van der Waals surface area contributed by atoms with Crippen molar-refractivity contribution >= 4 is 29.2 Å². The molecule has 0 aliphatic rings. The molecule has 24 heavy (non-hydrogen) atoms. The molecule has 1 atom stereocenters. The third-order valence-corrected chi connectivity index (χ3v) is 3.88. The number of carbonyl (C=O) groups excluding carboxylic acids is 2. The summed E-state index contributed by atoms with van der Waals surface area (Å²) in [6.07, 6.45) is 0.394. The molecule has 0 aliphatic carbocycles. The highest BCUT2D eigenvalue weighted by molar-refractivity contribution is 6.31. The van der Waals surface area contributed by atoms with Crippen LogP contribution >= 0.6 is 11.6 Å². The monoisotopic (exact) mass is 351 g/mol. The van der Waals surface area contributed by atoms with Gasteiger partial charge in [0, 0.05) is 11.1 Å². The van der Waals surface area contributed by atoms with E-state index in [1.807, 2.05) is 6.92 Å². The van der Waals surface area contributed by atoms with Gasteiger partial charge in [0.2, 0.25) is 0 Å². The van der Waals surface area contributed by atoms with Gasteiger partial charge < -0.3 is 19.2 Å². The molecule has 0 fully saturated rings. The molecule has 6 nitrogen and oxygen atoms in total. The molecule has 1 aromatic heterocycles. The minimum absolute atomic E-state index is 0.287. The number of aryl methyl sites for hydroxylation is 2. The Morgan fingerprint density at radius 3 is 2.58 bits per heavy atom. The van der Waals surface area contributed by atoms with E-state index >= 15 is 0 Å². The lowest BCUT2D eigenvalue weighted by molar-refractivity contribution is -0.123. The summed E-state index contributed by atoms with van der Waals surface area (Å²) in [6, 6.07) is 4.79. The second-order valence-corrected chi connectivity index (χ2v) is 5.64. The minimum atomic E-state index is -0.993. The van der Waals surface area contributed by atoms with Crippen LogP contribution in [-0.2, 0) is 9.53 Å². The van der Waals surface area contributed by atoms with Crippen molar-refractivity contribution in [2.75, 3.05) is 12.4 Å². The number of furan rings is 1. The van der Waals surface area contributed by atoms with Gasteiger partial charge in [-0.15, -0.1) is 0 Å². The van der Waals surface area contributed by atoms with Crippen LogP contribution in [0.15, 0.2) is 28.9 Å². The zero-order chi connectivity index (χ0) is 17.9. The number of hydrogen-bond donors (Lipinski definition) is 1. The van der Waals surface area contributed by atoms with Gasteiger partial charge in [-0.25, -0.2) is 4.79 Å². The number of benzene rings is 1. The Morgan fingerprint density at radius 2 is 2.00 bits per heavy atom. The maximum atomic E-state index is 12.3. The lowest BCUT2D eigenvalue weighted by atomic mass is 10.2. The Kier molecular flexibility index (Phi) is 5.51. The summed E-state index contributed by atoms with van der Waals surface area (Å²) in [5.74, 6) is -0.251. The van der Waals surface area contributed by atoms with Gasteiger partial charge in [-0.2, -0.15) is 0 Å². The van der Waals surface area contributed by atoms with Gasteiger partial charge in [-0.1, -0.05) is 11.6 Å². The Morgan fingerprint density at radius 1 is 1.29 bits per heavy atom. The van der Waals surface area contributed by atoms with E-state index in [0.717, 1.165) is 5.56 Å². The van der Waals surface area contributed by atoms with Gasteiger partial charge in [-0.3, -0.25) is 4.79 Å². The van der Waals surface area contributed by atoms with E-state index in [4.69, 9.17) is 25.5 Å². The number of esters is 1. The number of nitrogens with one attached hydrogen (secondary N) is 1. The van der Waals surface area contributed by atoms with E-state index in [0.29, 0.717) is 22.2 Å². The quantitative estimate of drug-likeness (QED) is 0.830. The number of rotatable bonds is 5. The molecule has 0 spiro atoms. The van der Waals surface area contributed by atoms with Crippen LogP contribution in [0, 0.1) is 13.8 Å². The Hall–Kier alpha value is -2.47. The predicted octanol–water partition coefficient (Wildman–Crippen LogP) is 3.74. The first-order chi connectivity index (χ1) is 11.3. The molecule has 128 valence electrons. The Bertz CT molecular complexity index is 768. The molecular weight excluding hydrogens is 334 g/mol. The van der Waals surface area contributed by atoms with Crippen LogP contribution in [0.3, 0.4) is 0 Å². The first kappa shape index (κ1) is 17.9. The van der Waals surface area contributed by atoms with Crippen molar-refractivity contribution < 1.29 is 23.5 Å². The molecule has 1 heterocycles. The highest BCUT2D eigenvalue weighted by Crippen LogP contribution is 2.31. The predicted molar refractivity (Wildman–Crippen MR) is 89.7 cm³/mol. The van der Waals surface area contributed by atoms with Crippen molar-refractivity contribution in [3.05, 3.63) is 46.4 Å². The Balaban J connectivity index is 2.08. The van der Waals surface area contributed by atoms with Crippen LogP contribution in [0.25, 0.3) is 0 Å². The van der Waals surface area contributed by atoms with Crippen LogP contribution in [0.2, 0.25) is 5.02 Å². The van der Waals surface area contributed by atoms with Gasteiger partial charge in [-0.05, 0) is 38.5 Å². The van der Waals surface area contributed by atoms with Crippen molar-refractivity contribution in [1.29, 1.82) is 0 Å². The number of carbonyl (C=O) groups is 2. The Labute approximate surface area is 144 Å². The van der Waals surface area contributed by atoms with E-state index in [-0.39, 0.29) is 5.56 Å². The van der Waals surface area contributed by atoms with E-state index in [9.17, 15) is 9.59 Å². The average Bonchev–Trinajstić information content (AvgIpc) is 2.96. The van der Waals surface area contributed by atoms with Gasteiger partial charge in [0.25, 0.3) is 5.91 Å². The highest BCUT2D eigenvalue weighted by Gasteiger charge is 2.22. The molecule has 0 saturated carbocycles. The number of anilines is 1. The molecule has 0 unspecified atom stereocenters. The lowest BCUT2D eigenvalue weighted by Crippen LogP contribution is -2.30. The van der Waals surface area contributed by atoms with E-state index in [1.54, 1.807) is 19.1 Å². The fourth-order valence-corrected chi connectivity index (χ4v) is 2.19. The topological polar surface area (TPSA) is 77.8 Å². The maximum Gasteiger partial charge on any atom is 0.342 e. The molecule has 0 aliphatic heterocycles. The van der Waals surface area contributed by atoms with Gasteiger partial charge in [0.1, 0.15) is 17.1 Å². The van der Waals surface area contributed by atoms with Crippen LogP contribution in [0.5, 0.6) is 5.75 Å². The highest BCUT2D eigenvalue weighted by atomic mass is 35.5. The molecule has 1 aromatic carbocycles. The van der Waals surface area contributed by atoms with Gasteiger partial charge in [0.15, 0.2) is 6.10 Å². The molecule has 2 aromatic rings. The summed E-state index contributed by atoms with van der Waals surface area (Å²) in [5, 5.41) is 3.20. The fraction of sp³-hybridized carbons (Fsp3) is 0.294. The molecule has 2 rings (SSSR count). The molecule has 1 N–H and O–H groups in total. The number of methoxy groups -OCH3 is 1. The van der Waals surface area contributed by atoms with Crippen LogP contribution in [-0.4, -0.2) is 25.1 Å². The maximum absolute atomic E-state index is 12.3. The first-order valence-corrected chi connectivity index (χ1v) is 7.61. The van der Waals surface area contributed by atoms with E-state index in [2.05, 4.69) is 5.32 Å². The standard InChI is InChI=1S/C17H18ClNO5/c1-9-7-14(15(22-4)8-13(9)18)19-16(20)11(3)24-17(21)12-5-6-23-10(12)2/h5-8,11H,1-4H3,(H,19,20)/t11-/m0/s1. The summed E-state index contributed by atoms with van der Waals surface area (Å²) in [6.45, 7) is 4.93. The molecular formula is C17H18ClNO5.